The Labute approximate surface area is 174 Å². The number of carboxylic acid groups (broad SMARTS) is 1. The second kappa shape index (κ2) is 9.24. The van der Waals surface area contributed by atoms with Gasteiger partial charge in [-0.2, -0.15) is 0 Å². The minimum Gasteiger partial charge on any atom is -0.480 e. The highest BCUT2D eigenvalue weighted by Crippen LogP contribution is 2.25. The number of nitrogens with zero attached hydrogens (tertiary/aromatic N) is 3. The molecule has 0 radical (unpaired) electrons. The second-order valence-corrected chi connectivity index (χ2v) is 7.85. The van der Waals surface area contributed by atoms with Gasteiger partial charge in [0.1, 0.15) is 18.1 Å². The zero-order valence-electron chi connectivity index (χ0n) is 16.9. The van der Waals surface area contributed by atoms with Crippen LogP contribution >= 0.6 is 0 Å². The third kappa shape index (κ3) is 4.61. The topological polar surface area (TPSA) is 162 Å². The molecule has 2 fully saturated rings. The molecule has 164 valence electrons. The summed E-state index contributed by atoms with van der Waals surface area (Å²) in [5.41, 5.74) is 6.30. The highest BCUT2D eigenvalue weighted by molar-refractivity contribution is 5.94. The van der Waals surface area contributed by atoms with Gasteiger partial charge in [-0.1, -0.05) is 0 Å². The fourth-order valence-electron chi connectivity index (χ4n) is 4.09. The van der Waals surface area contributed by atoms with E-state index < -0.39 is 36.0 Å². The molecule has 4 atom stereocenters. The third-order valence-electron chi connectivity index (χ3n) is 5.65. The standard InChI is InChI=1S/C19H28N6O5/c1-11(20)16(26)23-13(8-12-9-21-10-22-12)17(27)24-6-2-4-14(24)18(28)25-7-3-5-15(25)19(29)30/h9-11,13-15H,2-8,20H2,1H3,(H,21,22)(H,23,26)(H,29,30). The average molecular weight is 420 g/mol. The molecule has 0 bridgehead atoms. The molecular formula is C19H28N6O5. The first-order valence-corrected chi connectivity index (χ1v) is 10.2. The number of likely N-dealkylation sites (tertiary alicyclic amines) is 2. The van der Waals surface area contributed by atoms with E-state index in [0.717, 1.165) is 0 Å². The molecule has 2 aliphatic heterocycles. The number of amides is 3. The van der Waals surface area contributed by atoms with E-state index in [1.54, 1.807) is 6.20 Å². The van der Waals surface area contributed by atoms with Gasteiger partial charge in [0.25, 0.3) is 0 Å². The molecule has 1 aromatic rings. The van der Waals surface area contributed by atoms with Crippen LogP contribution in [0.4, 0.5) is 0 Å². The quantitative estimate of drug-likeness (QED) is 0.433. The molecular weight excluding hydrogens is 392 g/mol. The number of rotatable bonds is 7. The van der Waals surface area contributed by atoms with E-state index in [0.29, 0.717) is 44.5 Å². The fraction of sp³-hybridized carbons (Fsp3) is 0.632. The number of H-pyrrole nitrogens is 1. The molecule has 11 heteroatoms. The summed E-state index contributed by atoms with van der Waals surface area (Å²) in [5, 5.41) is 12.1. The maximum Gasteiger partial charge on any atom is 0.326 e. The number of nitrogens with one attached hydrogen (secondary N) is 2. The lowest BCUT2D eigenvalue weighted by Crippen LogP contribution is -2.57. The molecule has 11 nitrogen and oxygen atoms in total. The molecule has 30 heavy (non-hydrogen) atoms. The van der Waals surface area contributed by atoms with E-state index in [2.05, 4.69) is 15.3 Å². The molecule has 0 aromatic carbocycles. The zero-order valence-corrected chi connectivity index (χ0v) is 16.9. The van der Waals surface area contributed by atoms with Crippen LogP contribution in [0, 0.1) is 0 Å². The molecule has 2 aliphatic rings. The number of carbonyl (C=O) groups excluding carboxylic acids is 3. The SMILES string of the molecule is CC(N)C(=O)NC(Cc1cnc[nH]1)C(=O)N1CCCC1C(=O)N1CCCC1C(=O)O. The van der Waals surface area contributed by atoms with Crippen molar-refractivity contribution in [1.29, 1.82) is 0 Å². The predicted octanol–water partition coefficient (Wildman–Crippen LogP) is -1.15. The number of carboxylic acids is 1. The number of hydrogen-bond donors (Lipinski definition) is 4. The van der Waals surface area contributed by atoms with Gasteiger partial charge in [0.2, 0.25) is 17.7 Å². The Kier molecular flexibility index (Phi) is 6.70. The molecule has 5 N–H and O–H groups in total. The van der Waals surface area contributed by atoms with Crippen molar-refractivity contribution in [3.8, 4) is 0 Å². The monoisotopic (exact) mass is 420 g/mol. The Balaban J connectivity index is 1.77. The van der Waals surface area contributed by atoms with Crippen molar-refractivity contribution in [2.45, 2.75) is 63.2 Å². The van der Waals surface area contributed by atoms with Gasteiger partial charge < -0.3 is 30.9 Å². The summed E-state index contributed by atoms with van der Waals surface area (Å²) in [4.78, 5) is 59.7. The highest BCUT2D eigenvalue weighted by Gasteiger charge is 2.43. The summed E-state index contributed by atoms with van der Waals surface area (Å²) in [6.07, 6.45) is 5.34. The minimum atomic E-state index is -1.03. The molecule has 0 saturated carbocycles. The molecule has 4 unspecified atom stereocenters. The summed E-state index contributed by atoms with van der Waals surface area (Å²) >= 11 is 0. The van der Waals surface area contributed by atoms with Crippen LogP contribution in [0.25, 0.3) is 0 Å². The van der Waals surface area contributed by atoms with Crippen molar-refractivity contribution in [3.05, 3.63) is 18.2 Å². The third-order valence-corrected chi connectivity index (χ3v) is 5.65. The number of hydrogen-bond acceptors (Lipinski definition) is 6. The van der Waals surface area contributed by atoms with E-state index in [4.69, 9.17) is 5.73 Å². The summed E-state index contributed by atoms with van der Waals surface area (Å²) in [5.74, 6) is -2.23. The van der Waals surface area contributed by atoms with Gasteiger partial charge >= 0.3 is 5.97 Å². The molecule has 1 aromatic heterocycles. The number of imidazole rings is 1. The maximum absolute atomic E-state index is 13.3. The minimum absolute atomic E-state index is 0.177. The Morgan fingerprint density at radius 3 is 2.50 bits per heavy atom. The van der Waals surface area contributed by atoms with Crippen LogP contribution in [0.3, 0.4) is 0 Å². The predicted molar refractivity (Wildman–Crippen MR) is 105 cm³/mol. The van der Waals surface area contributed by atoms with E-state index in [-0.39, 0.29) is 18.2 Å². The summed E-state index contributed by atoms with van der Waals surface area (Å²) in [7, 11) is 0. The molecule has 2 saturated heterocycles. The van der Waals surface area contributed by atoms with Crippen molar-refractivity contribution in [2.24, 2.45) is 5.73 Å². The lowest BCUT2D eigenvalue weighted by atomic mass is 10.1. The van der Waals surface area contributed by atoms with Crippen LogP contribution in [-0.2, 0) is 25.6 Å². The van der Waals surface area contributed by atoms with Gasteiger partial charge in [-0.05, 0) is 32.6 Å². The van der Waals surface area contributed by atoms with E-state index in [1.807, 2.05) is 0 Å². The van der Waals surface area contributed by atoms with E-state index in [9.17, 15) is 24.3 Å². The van der Waals surface area contributed by atoms with Gasteiger partial charge in [-0.15, -0.1) is 0 Å². The number of aliphatic carboxylic acids is 1. The molecule has 3 heterocycles. The second-order valence-electron chi connectivity index (χ2n) is 7.85. The van der Waals surface area contributed by atoms with Gasteiger partial charge in [0.05, 0.1) is 12.4 Å². The summed E-state index contributed by atoms with van der Waals surface area (Å²) in [6, 6.07) is -3.28. The fourth-order valence-corrected chi connectivity index (χ4v) is 4.09. The van der Waals surface area contributed by atoms with Gasteiger partial charge in [0, 0.05) is 31.4 Å². The van der Waals surface area contributed by atoms with E-state index in [1.165, 1.54) is 23.1 Å². The van der Waals surface area contributed by atoms with Gasteiger partial charge in [-0.3, -0.25) is 14.4 Å². The summed E-state index contributed by atoms with van der Waals surface area (Å²) in [6.45, 7) is 2.26. The smallest absolute Gasteiger partial charge is 0.326 e. The van der Waals surface area contributed by atoms with Crippen molar-refractivity contribution in [3.63, 3.8) is 0 Å². The molecule has 3 amide bonds. The lowest BCUT2D eigenvalue weighted by Gasteiger charge is -2.32. The van der Waals surface area contributed by atoms with Crippen molar-refractivity contribution < 1.29 is 24.3 Å². The lowest BCUT2D eigenvalue weighted by molar-refractivity contribution is -0.152. The van der Waals surface area contributed by atoms with Crippen molar-refractivity contribution >= 4 is 23.7 Å². The zero-order chi connectivity index (χ0) is 21.8. The maximum atomic E-state index is 13.3. The van der Waals surface area contributed by atoms with Gasteiger partial charge in [0.15, 0.2) is 0 Å². The number of nitrogens with two attached hydrogens (primary N) is 1. The normalized spacial score (nSPS) is 23.3. The van der Waals surface area contributed by atoms with Crippen LogP contribution in [0.5, 0.6) is 0 Å². The first-order chi connectivity index (χ1) is 14.3. The number of aromatic amines is 1. The van der Waals surface area contributed by atoms with Crippen LogP contribution in [0.2, 0.25) is 0 Å². The molecule has 0 spiro atoms. The Morgan fingerprint density at radius 1 is 1.23 bits per heavy atom. The van der Waals surface area contributed by atoms with Crippen LogP contribution in [0.15, 0.2) is 12.5 Å². The first kappa shape index (κ1) is 21.8. The Morgan fingerprint density at radius 2 is 1.90 bits per heavy atom. The highest BCUT2D eigenvalue weighted by atomic mass is 16.4. The number of carbonyl (C=O) groups is 4. The first-order valence-electron chi connectivity index (χ1n) is 10.2. The van der Waals surface area contributed by atoms with Crippen molar-refractivity contribution in [2.75, 3.05) is 13.1 Å². The van der Waals surface area contributed by atoms with Crippen molar-refractivity contribution in [1.82, 2.24) is 25.1 Å². The average Bonchev–Trinajstić information content (AvgIpc) is 3.47. The van der Waals surface area contributed by atoms with Crippen LogP contribution < -0.4 is 11.1 Å². The van der Waals surface area contributed by atoms with Crippen LogP contribution in [0.1, 0.15) is 38.3 Å². The molecule has 3 rings (SSSR count). The molecule has 0 aliphatic carbocycles. The van der Waals surface area contributed by atoms with Crippen LogP contribution in [-0.4, -0.2) is 85.8 Å². The Bertz CT molecular complexity index is 795. The van der Waals surface area contributed by atoms with Gasteiger partial charge in [-0.25, -0.2) is 9.78 Å². The largest absolute Gasteiger partial charge is 0.480 e. The van der Waals surface area contributed by atoms with E-state index >= 15 is 0 Å². The Hall–Kier alpha value is -2.95. The number of aromatic nitrogens is 2. The summed E-state index contributed by atoms with van der Waals surface area (Å²) < 4.78 is 0.